The molecule has 1 aliphatic rings. The summed E-state index contributed by atoms with van der Waals surface area (Å²) in [5.74, 6) is -1.04. The molecule has 1 N–H and O–H groups in total. The number of amides is 2. The Bertz CT molecular complexity index is 520. The number of hydrogen-bond acceptors (Lipinski definition) is 3. The van der Waals surface area contributed by atoms with E-state index in [9.17, 15) is 9.59 Å². The first-order chi connectivity index (χ1) is 9.97. The predicted molar refractivity (Wildman–Crippen MR) is 80.0 cm³/mol. The summed E-state index contributed by atoms with van der Waals surface area (Å²) in [7, 11) is 1.70. The zero-order valence-corrected chi connectivity index (χ0v) is 13.2. The van der Waals surface area contributed by atoms with Crippen LogP contribution >= 0.6 is 15.9 Å². The fourth-order valence-electron chi connectivity index (χ4n) is 2.15. The molecule has 0 saturated carbocycles. The van der Waals surface area contributed by atoms with Gasteiger partial charge >= 0.3 is 12.0 Å². The Hall–Kier alpha value is -1.60. The number of aliphatic carboxylic acids is 1. The van der Waals surface area contributed by atoms with E-state index in [1.54, 1.807) is 11.9 Å². The highest BCUT2D eigenvalue weighted by molar-refractivity contribution is 9.10. The van der Waals surface area contributed by atoms with Crippen molar-refractivity contribution in [1.82, 2.24) is 9.80 Å². The number of ether oxygens (including phenoxy) is 1. The molecule has 1 aromatic rings. The second-order valence-electron chi connectivity index (χ2n) is 4.91. The molecule has 1 saturated heterocycles. The lowest BCUT2D eigenvalue weighted by atomic mass is 10.2. The van der Waals surface area contributed by atoms with Crippen LogP contribution in [-0.2, 0) is 16.1 Å². The van der Waals surface area contributed by atoms with E-state index in [0.29, 0.717) is 13.1 Å². The van der Waals surface area contributed by atoms with Gasteiger partial charge in [-0.25, -0.2) is 9.59 Å². The van der Waals surface area contributed by atoms with Crippen molar-refractivity contribution in [1.29, 1.82) is 0 Å². The molecule has 114 valence electrons. The second-order valence-corrected chi connectivity index (χ2v) is 5.82. The molecule has 2 amide bonds. The number of carbonyl (C=O) groups excluding carboxylic acids is 1. The summed E-state index contributed by atoms with van der Waals surface area (Å²) >= 11 is 3.37. The van der Waals surface area contributed by atoms with Gasteiger partial charge in [0.2, 0.25) is 0 Å². The van der Waals surface area contributed by atoms with Crippen molar-refractivity contribution < 1.29 is 19.4 Å². The first kappa shape index (κ1) is 15.8. The third-order valence-corrected chi connectivity index (χ3v) is 3.80. The highest BCUT2D eigenvalue weighted by Crippen LogP contribution is 2.13. The topological polar surface area (TPSA) is 70.1 Å². The number of hydrogen-bond donors (Lipinski definition) is 1. The molecule has 1 unspecified atom stereocenters. The van der Waals surface area contributed by atoms with Crippen LogP contribution in [0.1, 0.15) is 5.56 Å². The van der Waals surface area contributed by atoms with Crippen LogP contribution in [0.15, 0.2) is 28.7 Å². The quantitative estimate of drug-likeness (QED) is 0.896. The number of nitrogens with zero attached hydrogens (tertiary/aromatic N) is 2. The average Bonchev–Trinajstić information content (AvgIpc) is 2.49. The molecule has 1 atom stereocenters. The Morgan fingerprint density at radius 1 is 1.43 bits per heavy atom. The van der Waals surface area contributed by atoms with Crippen LogP contribution in [0.4, 0.5) is 4.79 Å². The Balaban J connectivity index is 1.95. The molecule has 0 bridgehead atoms. The van der Waals surface area contributed by atoms with Gasteiger partial charge in [0.15, 0.2) is 6.10 Å². The number of carboxylic acid groups (broad SMARTS) is 1. The van der Waals surface area contributed by atoms with Gasteiger partial charge in [0.1, 0.15) is 0 Å². The third kappa shape index (κ3) is 4.18. The van der Waals surface area contributed by atoms with E-state index >= 15 is 0 Å². The van der Waals surface area contributed by atoms with Crippen LogP contribution in [0.25, 0.3) is 0 Å². The van der Waals surface area contributed by atoms with Crippen LogP contribution in [0, 0.1) is 0 Å². The van der Waals surface area contributed by atoms with Crippen molar-refractivity contribution in [2.24, 2.45) is 0 Å². The van der Waals surface area contributed by atoms with Gasteiger partial charge in [-0.2, -0.15) is 0 Å². The molecule has 1 heterocycles. The van der Waals surface area contributed by atoms with Crippen LogP contribution in [0.3, 0.4) is 0 Å². The Morgan fingerprint density at radius 2 is 2.10 bits per heavy atom. The molecule has 2 rings (SSSR count). The van der Waals surface area contributed by atoms with Gasteiger partial charge in [0, 0.05) is 24.6 Å². The maximum Gasteiger partial charge on any atom is 0.334 e. The minimum atomic E-state index is -1.04. The molecule has 7 heteroatoms. The van der Waals surface area contributed by atoms with E-state index in [2.05, 4.69) is 15.9 Å². The molecule has 6 nitrogen and oxygen atoms in total. The van der Waals surface area contributed by atoms with Crippen molar-refractivity contribution in [3.63, 3.8) is 0 Å². The number of benzene rings is 1. The Kier molecular flexibility index (Phi) is 5.19. The normalized spacial score (nSPS) is 18.4. The van der Waals surface area contributed by atoms with Crippen molar-refractivity contribution in [2.75, 3.05) is 26.7 Å². The number of morpholine rings is 1. The number of rotatable bonds is 3. The summed E-state index contributed by atoms with van der Waals surface area (Å²) in [6.07, 6.45) is -0.941. The number of halogens is 1. The van der Waals surface area contributed by atoms with Crippen molar-refractivity contribution in [3.05, 3.63) is 34.3 Å². The zero-order valence-electron chi connectivity index (χ0n) is 11.7. The highest BCUT2D eigenvalue weighted by Gasteiger charge is 2.30. The molecule has 0 radical (unpaired) electrons. The fourth-order valence-corrected chi connectivity index (χ4v) is 2.41. The zero-order chi connectivity index (χ0) is 15.4. The standard InChI is InChI=1S/C14H17BrN2O4/c1-16(8-10-2-4-11(15)5-3-10)14(20)17-6-7-21-12(9-17)13(18)19/h2-5,12H,6-9H2,1H3,(H,18,19). The van der Waals surface area contributed by atoms with Crippen molar-refractivity contribution in [3.8, 4) is 0 Å². The van der Waals surface area contributed by atoms with Crippen molar-refractivity contribution >= 4 is 27.9 Å². The summed E-state index contributed by atoms with van der Waals surface area (Å²) in [6, 6.07) is 7.53. The van der Waals surface area contributed by atoms with E-state index in [1.807, 2.05) is 24.3 Å². The minimum Gasteiger partial charge on any atom is -0.479 e. The molecular weight excluding hydrogens is 340 g/mol. The lowest BCUT2D eigenvalue weighted by molar-refractivity contribution is -0.154. The number of carbonyl (C=O) groups is 2. The maximum atomic E-state index is 12.3. The fraction of sp³-hybridized carbons (Fsp3) is 0.429. The first-order valence-corrected chi connectivity index (χ1v) is 7.35. The largest absolute Gasteiger partial charge is 0.479 e. The summed E-state index contributed by atoms with van der Waals surface area (Å²) < 4.78 is 6.10. The predicted octanol–water partition coefficient (Wildman–Crippen LogP) is 1.79. The average molecular weight is 357 g/mol. The summed E-state index contributed by atoms with van der Waals surface area (Å²) in [4.78, 5) is 26.4. The van der Waals surface area contributed by atoms with E-state index < -0.39 is 12.1 Å². The monoisotopic (exact) mass is 356 g/mol. The SMILES string of the molecule is CN(Cc1ccc(Br)cc1)C(=O)N1CCOC(C(=O)O)C1. The van der Waals surface area contributed by atoms with Gasteiger partial charge in [-0.1, -0.05) is 28.1 Å². The van der Waals surface area contributed by atoms with E-state index in [0.717, 1.165) is 10.0 Å². The molecule has 0 spiro atoms. The second kappa shape index (κ2) is 6.91. The van der Waals surface area contributed by atoms with Gasteiger partial charge in [-0.15, -0.1) is 0 Å². The minimum absolute atomic E-state index is 0.0822. The lowest BCUT2D eigenvalue weighted by Gasteiger charge is -2.33. The van der Waals surface area contributed by atoms with Gasteiger partial charge in [-0.05, 0) is 17.7 Å². The summed E-state index contributed by atoms with van der Waals surface area (Å²) in [5.41, 5.74) is 1.01. The Morgan fingerprint density at radius 3 is 2.71 bits per heavy atom. The molecule has 0 aliphatic carbocycles. The van der Waals surface area contributed by atoms with Crippen LogP contribution < -0.4 is 0 Å². The summed E-state index contributed by atoms with van der Waals surface area (Å²) in [5, 5.41) is 8.96. The highest BCUT2D eigenvalue weighted by atomic mass is 79.9. The first-order valence-electron chi connectivity index (χ1n) is 6.56. The lowest BCUT2D eigenvalue weighted by Crippen LogP contribution is -2.51. The smallest absolute Gasteiger partial charge is 0.334 e. The third-order valence-electron chi connectivity index (χ3n) is 3.27. The molecule has 0 aromatic heterocycles. The summed E-state index contributed by atoms with van der Waals surface area (Å²) in [6.45, 7) is 1.21. The van der Waals surface area contributed by atoms with E-state index in [4.69, 9.17) is 9.84 Å². The van der Waals surface area contributed by atoms with Crippen LogP contribution in [-0.4, -0.2) is 59.8 Å². The maximum absolute atomic E-state index is 12.3. The molecule has 21 heavy (non-hydrogen) atoms. The van der Waals surface area contributed by atoms with Crippen molar-refractivity contribution in [2.45, 2.75) is 12.6 Å². The number of urea groups is 1. The van der Waals surface area contributed by atoms with E-state index in [1.165, 1.54) is 4.90 Å². The van der Waals surface area contributed by atoms with Gasteiger partial charge < -0.3 is 19.6 Å². The number of carboxylic acids is 1. The van der Waals surface area contributed by atoms with Gasteiger partial charge in [-0.3, -0.25) is 0 Å². The molecule has 1 fully saturated rings. The van der Waals surface area contributed by atoms with Crippen LogP contribution in [0.2, 0.25) is 0 Å². The van der Waals surface area contributed by atoms with Gasteiger partial charge in [0.25, 0.3) is 0 Å². The molecule has 1 aromatic carbocycles. The molecule has 1 aliphatic heterocycles. The molecular formula is C14H17BrN2O4. The Labute approximate surface area is 131 Å². The van der Waals surface area contributed by atoms with Gasteiger partial charge in [0.05, 0.1) is 13.2 Å². The van der Waals surface area contributed by atoms with Crippen LogP contribution in [0.5, 0.6) is 0 Å². The van der Waals surface area contributed by atoms with E-state index in [-0.39, 0.29) is 19.2 Å².